The number of anilines is 2. The molecule has 2 N–H and O–H groups in total. The Morgan fingerprint density at radius 2 is 1.66 bits per heavy atom. The van der Waals surface area contributed by atoms with E-state index in [1.165, 1.54) is 7.11 Å². The van der Waals surface area contributed by atoms with E-state index < -0.39 is 11.7 Å². The van der Waals surface area contributed by atoms with Crippen LogP contribution in [0.2, 0.25) is 0 Å². The number of Topliss-reactive ketones (excluding diaryl/α,β-unsaturated/α-hetero) is 1. The summed E-state index contributed by atoms with van der Waals surface area (Å²) in [6.45, 7) is 6.25. The average Bonchev–Trinajstić information content (AvgIpc) is 2.87. The molecule has 0 aliphatic rings. The zero-order chi connectivity index (χ0) is 25.2. The number of hydrogen-bond donors (Lipinski definition) is 2. The number of ketones is 1. The summed E-state index contributed by atoms with van der Waals surface area (Å²) < 4.78 is 5.41. The normalized spacial score (nSPS) is 11.2. The second kappa shape index (κ2) is 9.58. The summed E-state index contributed by atoms with van der Waals surface area (Å²) in [6, 6.07) is 20.6. The largest absolute Gasteiger partial charge is 0.495 e. The Kier molecular flexibility index (Phi) is 6.56. The van der Waals surface area contributed by atoms with E-state index in [-0.39, 0.29) is 5.41 Å². The minimum atomic E-state index is -0.715. The van der Waals surface area contributed by atoms with Crippen molar-refractivity contribution in [3.8, 4) is 16.9 Å². The Labute approximate surface area is 205 Å². The number of fused-ring (bicyclic) bond motifs is 1. The van der Waals surface area contributed by atoms with Crippen LogP contribution >= 0.6 is 0 Å². The third-order valence-corrected chi connectivity index (χ3v) is 6.02. The van der Waals surface area contributed by atoms with Crippen molar-refractivity contribution in [3.05, 3.63) is 84.1 Å². The molecule has 6 heteroatoms. The second-order valence-corrected chi connectivity index (χ2v) is 9.34. The molecule has 0 bridgehead atoms. The molecule has 0 saturated heterocycles. The number of methoxy groups -OCH3 is 1. The molecule has 1 aromatic heterocycles. The van der Waals surface area contributed by atoms with Gasteiger partial charge < -0.3 is 15.4 Å². The smallest absolute Gasteiger partial charge is 0.296 e. The molecule has 0 fully saturated rings. The molecule has 4 aromatic rings. The molecule has 0 aliphatic heterocycles. The summed E-state index contributed by atoms with van der Waals surface area (Å²) in [6.07, 6.45) is 1.79. The predicted octanol–water partition coefficient (Wildman–Crippen LogP) is 6.07. The number of nitrogens with one attached hydrogen (secondary N) is 2. The highest BCUT2D eigenvalue weighted by Crippen LogP contribution is 2.33. The van der Waals surface area contributed by atoms with E-state index in [0.29, 0.717) is 22.4 Å². The number of carbonyl (C=O) groups is 2. The summed E-state index contributed by atoms with van der Waals surface area (Å²) >= 11 is 0. The van der Waals surface area contributed by atoms with Crippen LogP contribution in [0, 0.1) is 0 Å². The lowest BCUT2D eigenvalue weighted by atomic mass is 9.87. The molecule has 1 amide bonds. The summed E-state index contributed by atoms with van der Waals surface area (Å²) in [7, 11) is 3.35. The van der Waals surface area contributed by atoms with Gasteiger partial charge in [-0.15, -0.1) is 0 Å². The first-order valence-electron chi connectivity index (χ1n) is 11.4. The molecule has 0 spiro atoms. The van der Waals surface area contributed by atoms with Gasteiger partial charge in [-0.3, -0.25) is 9.59 Å². The van der Waals surface area contributed by atoms with E-state index in [1.54, 1.807) is 18.3 Å². The summed E-state index contributed by atoms with van der Waals surface area (Å²) in [5.41, 5.74) is 3.57. The van der Waals surface area contributed by atoms with Crippen molar-refractivity contribution in [2.75, 3.05) is 24.8 Å². The quantitative estimate of drug-likeness (QED) is 0.266. The van der Waals surface area contributed by atoms with Gasteiger partial charge in [0.05, 0.1) is 12.8 Å². The zero-order valence-corrected chi connectivity index (χ0v) is 20.6. The first-order chi connectivity index (χ1) is 16.7. The first-order valence-corrected chi connectivity index (χ1v) is 11.4. The zero-order valence-electron chi connectivity index (χ0n) is 20.6. The topological polar surface area (TPSA) is 80.3 Å². The van der Waals surface area contributed by atoms with E-state index in [1.807, 2.05) is 61.6 Å². The van der Waals surface area contributed by atoms with Crippen molar-refractivity contribution < 1.29 is 14.3 Å². The fourth-order valence-corrected chi connectivity index (χ4v) is 4.02. The molecule has 0 unspecified atom stereocenters. The van der Waals surface area contributed by atoms with Gasteiger partial charge in [0.15, 0.2) is 0 Å². The van der Waals surface area contributed by atoms with Crippen LogP contribution in [0.25, 0.3) is 21.9 Å². The number of ether oxygens (including phenoxy) is 1. The number of benzene rings is 3. The van der Waals surface area contributed by atoms with Crippen LogP contribution < -0.4 is 15.4 Å². The maximum Gasteiger partial charge on any atom is 0.296 e. The lowest BCUT2D eigenvalue weighted by Gasteiger charge is -2.21. The van der Waals surface area contributed by atoms with Crippen LogP contribution in [0.15, 0.2) is 72.9 Å². The van der Waals surface area contributed by atoms with Crippen molar-refractivity contribution in [1.82, 2.24) is 4.98 Å². The number of carbonyl (C=O) groups excluding carboxylic acids is 2. The van der Waals surface area contributed by atoms with Crippen LogP contribution in [0.5, 0.6) is 5.75 Å². The fraction of sp³-hybridized carbons (Fsp3) is 0.207. The van der Waals surface area contributed by atoms with Crippen LogP contribution in [-0.2, 0) is 10.2 Å². The minimum Gasteiger partial charge on any atom is -0.495 e. The van der Waals surface area contributed by atoms with Gasteiger partial charge in [0.2, 0.25) is 0 Å². The summed E-state index contributed by atoms with van der Waals surface area (Å²) in [5, 5.41) is 7.35. The van der Waals surface area contributed by atoms with Gasteiger partial charge in [-0.05, 0) is 57.6 Å². The molecule has 3 aromatic carbocycles. The molecule has 0 radical (unpaired) electrons. The van der Waals surface area contributed by atoms with Crippen molar-refractivity contribution in [2.45, 2.75) is 26.2 Å². The standard InChI is InChI=1S/C29H29N3O3/c1-29(2,3)19-11-14-25(35-5)24(16-19)32-28(34)27(33)23-13-12-20(21-8-6-7-9-22(21)23)18-10-15-26(30-4)31-17-18/h6-17H,1-5H3,(H,30,31)(H,32,34). The van der Waals surface area contributed by atoms with Gasteiger partial charge in [-0.1, -0.05) is 57.2 Å². The van der Waals surface area contributed by atoms with Crippen molar-refractivity contribution in [3.63, 3.8) is 0 Å². The highest BCUT2D eigenvalue weighted by atomic mass is 16.5. The predicted molar refractivity (Wildman–Crippen MR) is 141 cm³/mol. The highest BCUT2D eigenvalue weighted by Gasteiger charge is 2.23. The van der Waals surface area contributed by atoms with Crippen molar-refractivity contribution in [1.29, 1.82) is 0 Å². The molecule has 35 heavy (non-hydrogen) atoms. The number of nitrogens with zero attached hydrogens (tertiary/aromatic N) is 1. The SMILES string of the molecule is CNc1ccc(-c2ccc(C(=O)C(=O)Nc3cc(C(C)(C)C)ccc3OC)c3ccccc23)cn1. The Morgan fingerprint density at radius 1 is 0.914 bits per heavy atom. The third-order valence-electron chi connectivity index (χ3n) is 6.02. The molecule has 1 heterocycles. The van der Waals surface area contributed by atoms with Crippen molar-refractivity contribution >= 4 is 34.0 Å². The van der Waals surface area contributed by atoms with Gasteiger partial charge in [-0.25, -0.2) is 4.98 Å². The lowest BCUT2D eigenvalue weighted by Crippen LogP contribution is -2.24. The van der Waals surface area contributed by atoms with Crippen LogP contribution in [0.4, 0.5) is 11.5 Å². The monoisotopic (exact) mass is 467 g/mol. The molecular weight excluding hydrogens is 438 g/mol. The maximum atomic E-state index is 13.3. The van der Waals surface area contributed by atoms with Crippen LogP contribution in [0.1, 0.15) is 36.7 Å². The molecular formula is C29H29N3O3. The van der Waals surface area contributed by atoms with Gasteiger partial charge in [-0.2, -0.15) is 0 Å². The van der Waals surface area contributed by atoms with E-state index in [9.17, 15) is 9.59 Å². The summed E-state index contributed by atoms with van der Waals surface area (Å²) in [5.74, 6) is -0.0590. The van der Waals surface area contributed by atoms with E-state index in [4.69, 9.17) is 4.74 Å². The summed E-state index contributed by atoms with van der Waals surface area (Å²) in [4.78, 5) is 30.8. The number of hydrogen-bond acceptors (Lipinski definition) is 5. The van der Waals surface area contributed by atoms with E-state index >= 15 is 0 Å². The number of aromatic nitrogens is 1. The second-order valence-electron chi connectivity index (χ2n) is 9.34. The number of amides is 1. The molecule has 0 aliphatic carbocycles. The maximum absolute atomic E-state index is 13.3. The fourth-order valence-electron chi connectivity index (χ4n) is 4.02. The first kappa shape index (κ1) is 24.0. The molecule has 178 valence electrons. The average molecular weight is 468 g/mol. The number of rotatable bonds is 6. The Balaban J connectivity index is 1.70. The van der Waals surface area contributed by atoms with Gasteiger partial charge in [0.1, 0.15) is 11.6 Å². The van der Waals surface area contributed by atoms with E-state index in [2.05, 4.69) is 36.4 Å². The van der Waals surface area contributed by atoms with Crippen molar-refractivity contribution in [2.24, 2.45) is 0 Å². The molecule has 0 atom stereocenters. The van der Waals surface area contributed by atoms with E-state index in [0.717, 1.165) is 27.9 Å². The molecule has 6 nitrogen and oxygen atoms in total. The Hall–Kier alpha value is -4.19. The third kappa shape index (κ3) is 4.87. The highest BCUT2D eigenvalue weighted by molar-refractivity contribution is 6.48. The van der Waals surface area contributed by atoms with Gasteiger partial charge >= 0.3 is 0 Å². The lowest BCUT2D eigenvalue weighted by molar-refractivity contribution is -0.112. The van der Waals surface area contributed by atoms with Gasteiger partial charge in [0.25, 0.3) is 11.7 Å². The van der Waals surface area contributed by atoms with Crippen LogP contribution in [-0.4, -0.2) is 30.8 Å². The van der Waals surface area contributed by atoms with Gasteiger partial charge in [0, 0.05) is 24.4 Å². The molecule has 4 rings (SSSR count). The molecule has 0 saturated carbocycles. The Bertz CT molecular complexity index is 1400. The van der Waals surface area contributed by atoms with Crippen LogP contribution in [0.3, 0.4) is 0 Å². The number of pyridine rings is 1. The minimum absolute atomic E-state index is 0.123. The Morgan fingerprint density at radius 3 is 2.29 bits per heavy atom.